The molecule has 0 spiro atoms. The fourth-order valence-electron chi connectivity index (χ4n) is 2.69. The van der Waals surface area contributed by atoms with Crippen LogP contribution in [-0.4, -0.2) is 49.3 Å². The quantitative estimate of drug-likeness (QED) is 0.794. The van der Waals surface area contributed by atoms with Crippen LogP contribution in [0.4, 0.5) is 0 Å². The molecular formula is C14H28N2O. The highest BCUT2D eigenvalue weighted by Crippen LogP contribution is 2.20. The summed E-state index contributed by atoms with van der Waals surface area (Å²) < 4.78 is 5.74. The zero-order valence-electron chi connectivity index (χ0n) is 11.6. The van der Waals surface area contributed by atoms with Crippen LogP contribution in [0.3, 0.4) is 0 Å². The van der Waals surface area contributed by atoms with Crippen LogP contribution in [-0.2, 0) is 4.74 Å². The van der Waals surface area contributed by atoms with Crippen LogP contribution in [0, 0.1) is 5.92 Å². The lowest BCUT2D eigenvalue weighted by molar-refractivity contribution is 0.0552. The molecule has 1 aliphatic heterocycles. The maximum absolute atomic E-state index is 5.74. The second-order valence-electron chi connectivity index (χ2n) is 6.02. The molecule has 0 aromatic rings. The molecule has 2 aliphatic rings. The van der Waals surface area contributed by atoms with Crippen molar-refractivity contribution in [3.63, 3.8) is 0 Å². The minimum atomic E-state index is 0.389. The summed E-state index contributed by atoms with van der Waals surface area (Å²) in [7, 11) is 0. The molecule has 0 amide bonds. The monoisotopic (exact) mass is 240 g/mol. The van der Waals surface area contributed by atoms with Crippen LogP contribution in [0.25, 0.3) is 0 Å². The third kappa shape index (κ3) is 4.23. The summed E-state index contributed by atoms with van der Waals surface area (Å²) in [5.74, 6) is 0.714. The topological polar surface area (TPSA) is 24.5 Å². The van der Waals surface area contributed by atoms with Crippen molar-refractivity contribution >= 4 is 0 Å². The van der Waals surface area contributed by atoms with E-state index in [4.69, 9.17) is 4.74 Å². The summed E-state index contributed by atoms with van der Waals surface area (Å²) in [6, 6.07) is 1.48. The van der Waals surface area contributed by atoms with Gasteiger partial charge in [-0.15, -0.1) is 0 Å². The average Bonchev–Trinajstić information content (AvgIpc) is 3.06. The van der Waals surface area contributed by atoms with Crippen molar-refractivity contribution in [2.75, 3.05) is 26.2 Å². The molecule has 1 N–H and O–H groups in total. The van der Waals surface area contributed by atoms with Crippen LogP contribution in [0.1, 0.15) is 40.0 Å². The highest BCUT2D eigenvalue weighted by atomic mass is 16.5. The lowest BCUT2D eigenvalue weighted by atomic mass is 10.0. The van der Waals surface area contributed by atoms with Gasteiger partial charge in [0.2, 0.25) is 0 Å². The smallest absolute Gasteiger partial charge is 0.0674 e. The first-order chi connectivity index (χ1) is 8.16. The summed E-state index contributed by atoms with van der Waals surface area (Å²) in [5.41, 5.74) is 0. The molecule has 3 nitrogen and oxygen atoms in total. The normalized spacial score (nSPS) is 29.3. The van der Waals surface area contributed by atoms with Crippen molar-refractivity contribution < 1.29 is 4.74 Å². The second kappa shape index (κ2) is 6.17. The Hall–Kier alpha value is -0.120. The van der Waals surface area contributed by atoms with Gasteiger partial charge in [0.05, 0.1) is 6.10 Å². The highest BCUT2D eigenvalue weighted by molar-refractivity contribution is 4.86. The SMILES string of the molecule is CC1CN(C(CNC2CC2)C(C)C)CCCO1. The predicted molar refractivity (Wildman–Crippen MR) is 71.3 cm³/mol. The van der Waals surface area contributed by atoms with Crippen molar-refractivity contribution in [2.45, 2.75) is 58.2 Å². The van der Waals surface area contributed by atoms with Gasteiger partial charge >= 0.3 is 0 Å². The molecule has 0 aromatic heterocycles. The van der Waals surface area contributed by atoms with Gasteiger partial charge in [-0.3, -0.25) is 4.90 Å². The molecule has 2 unspecified atom stereocenters. The predicted octanol–water partition coefficient (Wildman–Crippen LogP) is 1.87. The van der Waals surface area contributed by atoms with E-state index in [1.165, 1.54) is 25.8 Å². The lowest BCUT2D eigenvalue weighted by Crippen LogP contribution is -2.48. The molecule has 2 fully saturated rings. The summed E-state index contributed by atoms with van der Waals surface area (Å²) >= 11 is 0. The third-order valence-corrected chi connectivity index (χ3v) is 3.92. The molecule has 100 valence electrons. The molecule has 0 radical (unpaired) electrons. The number of nitrogens with one attached hydrogen (secondary N) is 1. The zero-order chi connectivity index (χ0) is 12.3. The molecule has 1 aliphatic carbocycles. The van der Waals surface area contributed by atoms with Crippen molar-refractivity contribution in [3.8, 4) is 0 Å². The number of rotatable bonds is 5. The highest BCUT2D eigenvalue weighted by Gasteiger charge is 2.28. The first-order valence-corrected chi connectivity index (χ1v) is 7.26. The second-order valence-corrected chi connectivity index (χ2v) is 6.02. The summed E-state index contributed by atoms with van der Waals surface area (Å²) in [4.78, 5) is 2.64. The minimum Gasteiger partial charge on any atom is -0.377 e. The Morgan fingerprint density at radius 1 is 1.35 bits per heavy atom. The molecular weight excluding hydrogens is 212 g/mol. The van der Waals surface area contributed by atoms with E-state index < -0.39 is 0 Å². The Bertz CT molecular complexity index is 228. The molecule has 2 rings (SSSR count). The van der Waals surface area contributed by atoms with Gasteiger partial charge in [0, 0.05) is 38.3 Å². The standard InChI is InChI=1S/C14H28N2O/c1-11(2)14(9-15-13-5-6-13)16-7-4-8-17-12(3)10-16/h11-15H,4-10H2,1-3H3. The maximum Gasteiger partial charge on any atom is 0.0674 e. The van der Waals surface area contributed by atoms with E-state index in [-0.39, 0.29) is 0 Å². The lowest BCUT2D eigenvalue weighted by Gasteiger charge is -2.34. The Morgan fingerprint density at radius 3 is 2.76 bits per heavy atom. The van der Waals surface area contributed by atoms with Gasteiger partial charge in [0.15, 0.2) is 0 Å². The van der Waals surface area contributed by atoms with E-state index in [1.807, 2.05) is 0 Å². The summed E-state index contributed by atoms with van der Waals surface area (Å²) in [6.45, 7) is 11.2. The van der Waals surface area contributed by atoms with Crippen LogP contribution in [0.15, 0.2) is 0 Å². The van der Waals surface area contributed by atoms with E-state index in [1.54, 1.807) is 0 Å². The van der Waals surface area contributed by atoms with Crippen molar-refractivity contribution in [3.05, 3.63) is 0 Å². The molecule has 0 bridgehead atoms. The van der Waals surface area contributed by atoms with Gasteiger partial charge < -0.3 is 10.1 Å². The maximum atomic E-state index is 5.74. The fourth-order valence-corrected chi connectivity index (χ4v) is 2.69. The molecule has 1 saturated carbocycles. The fraction of sp³-hybridized carbons (Fsp3) is 1.00. The van der Waals surface area contributed by atoms with Crippen LogP contribution in [0.2, 0.25) is 0 Å². The van der Waals surface area contributed by atoms with Crippen LogP contribution in [0.5, 0.6) is 0 Å². The Kier molecular flexibility index (Phi) is 4.83. The Labute approximate surface area is 106 Å². The van der Waals surface area contributed by atoms with Gasteiger partial charge in [-0.25, -0.2) is 0 Å². The van der Waals surface area contributed by atoms with Crippen molar-refractivity contribution in [2.24, 2.45) is 5.92 Å². The number of nitrogens with zero attached hydrogens (tertiary/aromatic N) is 1. The molecule has 3 heteroatoms. The third-order valence-electron chi connectivity index (χ3n) is 3.92. The Morgan fingerprint density at radius 2 is 2.12 bits per heavy atom. The van der Waals surface area contributed by atoms with Gasteiger partial charge in [0.1, 0.15) is 0 Å². The largest absolute Gasteiger partial charge is 0.377 e. The van der Waals surface area contributed by atoms with E-state index in [2.05, 4.69) is 31.0 Å². The van der Waals surface area contributed by atoms with Gasteiger partial charge in [-0.1, -0.05) is 13.8 Å². The number of hydrogen-bond donors (Lipinski definition) is 1. The first kappa shape index (κ1) is 13.3. The number of ether oxygens (including phenoxy) is 1. The summed E-state index contributed by atoms with van der Waals surface area (Å²) in [6.07, 6.45) is 4.32. The molecule has 0 aromatic carbocycles. The van der Waals surface area contributed by atoms with E-state index in [9.17, 15) is 0 Å². The van der Waals surface area contributed by atoms with Gasteiger partial charge in [-0.2, -0.15) is 0 Å². The minimum absolute atomic E-state index is 0.389. The van der Waals surface area contributed by atoms with Crippen molar-refractivity contribution in [1.82, 2.24) is 10.2 Å². The van der Waals surface area contributed by atoms with Crippen LogP contribution < -0.4 is 5.32 Å². The summed E-state index contributed by atoms with van der Waals surface area (Å²) in [5, 5.41) is 3.69. The van der Waals surface area contributed by atoms with E-state index in [0.29, 0.717) is 18.1 Å². The molecule has 17 heavy (non-hydrogen) atoms. The molecule has 1 heterocycles. The van der Waals surface area contributed by atoms with Crippen LogP contribution >= 0.6 is 0 Å². The van der Waals surface area contributed by atoms with Gasteiger partial charge in [0.25, 0.3) is 0 Å². The first-order valence-electron chi connectivity index (χ1n) is 7.26. The van der Waals surface area contributed by atoms with E-state index >= 15 is 0 Å². The zero-order valence-corrected chi connectivity index (χ0v) is 11.6. The Balaban J connectivity index is 1.87. The number of hydrogen-bond acceptors (Lipinski definition) is 3. The van der Waals surface area contributed by atoms with Crippen molar-refractivity contribution in [1.29, 1.82) is 0 Å². The average molecular weight is 240 g/mol. The molecule has 2 atom stereocenters. The van der Waals surface area contributed by atoms with E-state index in [0.717, 1.165) is 25.7 Å². The molecule has 1 saturated heterocycles. The van der Waals surface area contributed by atoms with Gasteiger partial charge in [-0.05, 0) is 32.1 Å².